The molecule has 8 heteroatoms. The fraction of sp³-hybridized carbons (Fsp3) is 0.333. The Bertz CT molecular complexity index is 1590. The van der Waals surface area contributed by atoms with E-state index in [4.69, 9.17) is 9.47 Å². The molecule has 0 spiro atoms. The van der Waals surface area contributed by atoms with E-state index in [2.05, 4.69) is 130 Å². The van der Waals surface area contributed by atoms with E-state index in [0.29, 0.717) is 0 Å². The van der Waals surface area contributed by atoms with Crippen LogP contribution in [0.15, 0.2) is 85.2 Å². The third-order valence-electron chi connectivity index (χ3n) is 8.24. The van der Waals surface area contributed by atoms with Crippen molar-refractivity contribution in [2.24, 2.45) is 0 Å². The fourth-order valence-corrected chi connectivity index (χ4v) is 7.61. The van der Waals surface area contributed by atoms with Gasteiger partial charge in [-0.25, -0.2) is 4.57 Å². The average molecular weight is 627 g/mol. The summed E-state index contributed by atoms with van der Waals surface area (Å²) in [6, 6.07) is 26.1. The molecule has 0 bridgehead atoms. The molecule has 44 heavy (non-hydrogen) atoms. The van der Waals surface area contributed by atoms with Gasteiger partial charge in [0.15, 0.2) is 31.2 Å². The van der Waals surface area contributed by atoms with Crippen LogP contribution in [0.25, 0.3) is 12.2 Å². The highest BCUT2D eigenvalue weighted by atomic mass is 33.1. The van der Waals surface area contributed by atoms with Gasteiger partial charge in [0.05, 0.1) is 36.0 Å². The molecule has 0 saturated carbocycles. The van der Waals surface area contributed by atoms with Crippen molar-refractivity contribution in [2.75, 3.05) is 61.7 Å². The summed E-state index contributed by atoms with van der Waals surface area (Å²) in [5.41, 5.74) is 7.42. The monoisotopic (exact) mass is 626 g/mol. The maximum atomic E-state index is 5.92. The highest BCUT2D eigenvalue weighted by Crippen LogP contribution is 2.33. The zero-order chi connectivity index (χ0) is 30.1. The minimum absolute atomic E-state index is 0.736. The van der Waals surface area contributed by atoms with Crippen LogP contribution >= 0.6 is 21.6 Å². The largest absolute Gasteiger partial charge is 0.490 e. The van der Waals surface area contributed by atoms with Crippen LogP contribution in [0.1, 0.15) is 22.5 Å². The van der Waals surface area contributed by atoms with E-state index in [0.717, 1.165) is 86.5 Å². The van der Waals surface area contributed by atoms with Crippen LogP contribution in [-0.4, -0.2) is 51.9 Å². The maximum Gasteiger partial charge on any atom is 0.205 e. The predicted octanol–water partition coefficient (Wildman–Crippen LogP) is 5.96. The number of aromatic nitrogens is 2. The van der Waals surface area contributed by atoms with E-state index < -0.39 is 0 Å². The first kappa shape index (κ1) is 30.4. The van der Waals surface area contributed by atoms with Crippen molar-refractivity contribution in [1.29, 1.82) is 0 Å². The number of likely N-dealkylation sites (N-methyl/N-ethyl adjacent to an activating group) is 2. The molecule has 0 N–H and O–H groups in total. The molecule has 4 aromatic rings. The summed E-state index contributed by atoms with van der Waals surface area (Å²) in [6.07, 6.45) is 10.8. The molecule has 228 valence electrons. The third-order valence-corrected chi connectivity index (χ3v) is 10.6. The first-order chi connectivity index (χ1) is 21.6. The zero-order valence-electron chi connectivity index (χ0n) is 25.7. The highest BCUT2D eigenvalue weighted by Gasteiger charge is 2.17. The van der Waals surface area contributed by atoms with E-state index in [1.54, 1.807) is 0 Å². The number of hydrogen-bond donors (Lipinski definition) is 0. The molecule has 2 aromatic carbocycles. The van der Waals surface area contributed by atoms with Gasteiger partial charge in [-0.15, -0.1) is 0 Å². The van der Waals surface area contributed by atoms with Crippen molar-refractivity contribution in [1.82, 2.24) is 0 Å². The Labute approximate surface area is 269 Å². The van der Waals surface area contributed by atoms with Crippen molar-refractivity contribution in [3.63, 3.8) is 0 Å². The number of benzene rings is 2. The molecule has 2 aliphatic rings. The zero-order valence-corrected chi connectivity index (χ0v) is 27.4. The Morgan fingerprint density at radius 3 is 2.14 bits per heavy atom. The summed E-state index contributed by atoms with van der Waals surface area (Å²) in [4.78, 5) is 4.51. The van der Waals surface area contributed by atoms with Crippen LogP contribution in [0.2, 0.25) is 0 Å². The van der Waals surface area contributed by atoms with Gasteiger partial charge in [0.1, 0.15) is 24.7 Å². The van der Waals surface area contributed by atoms with Gasteiger partial charge in [-0.1, -0.05) is 39.8 Å². The third kappa shape index (κ3) is 7.71. The van der Waals surface area contributed by atoms with Gasteiger partial charge < -0.3 is 19.3 Å². The topological polar surface area (TPSA) is 32.7 Å². The van der Waals surface area contributed by atoms with Crippen LogP contribution < -0.4 is 28.4 Å². The molecule has 0 saturated heterocycles. The predicted molar refractivity (Wildman–Crippen MR) is 185 cm³/mol. The molecule has 0 amide bonds. The first-order valence-corrected chi connectivity index (χ1v) is 18.0. The molecule has 6 nitrogen and oxygen atoms in total. The lowest BCUT2D eigenvalue weighted by molar-refractivity contribution is -0.699. The van der Waals surface area contributed by atoms with Crippen molar-refractivity contribution in [3.8, 4) is 11.5 Å². The number of anilines is 2. The molecular weight excluding hydrogens is 585 g/mol. The van der Waals surface area contributed by atoms with Gasteiger partial charge in [-0.3, -0.25) is 0 Å². The summed E-state index contributed by atoms with van der Waals surface area (Å²) in [6.45, 7) is 5.35. The number of ether oxygens (including phenoxy) is 2. The lowest BCUT2D eigenvalue weighted by atomic mass is 10.1. The van der Waals surface area contributed by atoms with Crippen molar-refractivity contribution >= 4 is 45.1 Å². The average Bonchev–Trinajstić information content (AvgIpc) is 3.05. The van der Waals surface area contributed by atoms with Crippen molar-refractivity contribution in [2.45, 2.75) is 25.9 Å². The smallest absolute Gasteiger partial charge is 0.205 e. The highest BCUT2D eigenvalue weighted by molar-refractivity contribution is 8.76. The SMILES string of the molecule is CN1CCOc2cc(/C=C/c3cccc[n+]3CCSSCC[n+]3ccccc3CCc3ccc4c(c3)OCCN4C)ccc21. The fourth-order valence-electron chi connectivity index (χ4n) is 5.68. The molecule has 0 radical (unpaired) electrons. The first-order valence-electron chi connectivity index (χ1n) is 15.5. The van der Waals surface area contributed by atoms with Crippen molar-refractivity contribution in [3.05, 3.63) is 108 Å². The Hall–Kier alpha value is -3.62. The molecule has 2 aliphatic heterocycles. The van der Waals surface area contributed by atoms with Gasteiger partial charge in [0.25, 0.3) is 0 Å². The van der Waals surface area contributed by atoms with Crippen LogP contribution in [0.4, 0.5) is 11.4 Å². The Morgan fingerprint density at radius 2 is 1.36 bits per heavy atom. The maximum absolute atomic E-state index is 5.92. The standard InChI is InChI=1S/C36H42N4O2S2/c1-37-19-23-41-35-27-29(11-15-33(35)37)9-13-31-7-3-5-17-39(31)21-25-43-44-26-22-40-18-6-4-8-32(40)14-10-30-12-16-34-36(28-30)42-24-20-38(34)2/h3-9,11-13,15-18,27-28H,10,14,19-26H2,1-2H3/q+2. The molecule has 0 atom stereocenters. The van der Waals surface area contributed by atoms with Gasteiger partial charge in [-0.2, -0.15) is 4.57 Å². The van der Waals surface area contributed by atoms with Gasteiger partial charge in [0, 0.05) is 50.9 Å². The van der Waals surface area contributed by atoms with Crippen LogP contribution in [0.3, 0.4) is 0 Å². The van der Waals surface area contributed by atoms with Crippen LogP contribution in [0, 0.1) is 0 Å². The number of rotatable bonds is 12. The molecular formula is C36H42N4O2S2+2. The number of fused-ring (bicyclic) bond motifs is 2. The van der Waals surface area contributed by atoms with Crippen LogP contribution in [-0.2, 0) is 25.9 Å². The Kier molecular flexibility index (Phi) is 10.3. The van der Waals surface area contributed by atoms with Crippen molar-refractivity contribution < 1.29 is 18.6 Å². The van der Waals surface area contributed by atoms with Gasteiger partial charge >= 0.3 is 0 Å². The Balaban J connectivity index is 0.962. The van der Waals surface area contributed by atoms with E-state index in [1.165, 1.54) is 22.6 Å². The van der Waals surface area contributed by atoms with E-state index in [9.17, 15) is 0 Å². The molecule has 0 fully saturated rings. The summed E-state index contributed by atoms with van der Waals surface area (Å²) >= 11 is 0. The lowest BCUT2D eigenvalue weighted by Gasteiger charge is -2.27. The summed E-state index contributed by atoms with van der Waals surface area (Å²) < 4.78 is 16.6. The second kappa shape index (κ2) is 14.9. The second-order valence-electron chi connectivity index (χ2n) is 11.3. The Morgan fingerprint density at radius 1 is 0.705 bits per heavy atom. The van der Waals surface area contributed by atoms with E-state index >= 15 is 0 Å². The molecule has 4 heterocycles. The number of hydrogen-bond acceptors (Lipinski definition) is 6. The summed E-state index contributed by atoms with van der Waals surface area (Å²) in [5, 5.41) is 0. The summed E-state index contributed by atoms with van der Waals surface area (Å²) in [5.74, 6) is 4.11. The number of aryl methyl sites for hydroxylation is 4. The minimum Gasteiger partial charge on any atom is -0.490 e. The van der Waals surface area contributed by atoms with E-state index in [1.807, 2.05) is 21.6 Å². The molecule has 2 aromatic heterocycles. The van der Waals surface area contributed by atoms with Gasteiger partial charge in [0.2, 0.25) is 5.69 Å². The molecule has 0 unspecified atom stereocenters. The van der Waals surface area contributed by atoms with Crippen LogP contribution in [0.5, 0.6) is 11.5 Å². The quantitative estimate of drug-likeness (QED) is 0.110. The summed E-state index contributed by atoms with van der Waals surface area (Å²) in [7, 11) is 8.16. The number of nitrogens with zero attached hydrogens (tertiary/aromatic N) is 4. The second-order valence-corrected chi connectivity index (χ2v) is 14.0. The number of pyridine rings is 2. The molecule has 0 aliphatic carbocycles. The normalized spacial score (nSPS) is 14.2. The lowest BCUT2D eigenvalue weighted by Crippen LogP contribution is -2.39. The molecule has 6 rings (SSSR count). The van der Waals surface area contributed by atoms with E-state index in [-0.39, 0.29) is 0 Å². The minimum atomic E-state index is 0.736. The van der Waals surface area contributed by atoms with Gasteiger partial charge in [-0.05, 0) is 54.0 Å².